The normalized spacial score (nSPS) is 29.4. The molecule has 1 unspecified atom stereocenters. The summed E-state index contributed by atoms with van der Waals surface area (Å²) in [5.74, 6) is 1.83. The van der Waals surface area contributed by atoms with Crippen molar-refractivity contribution in [1.29, 1.82) is 0 Å². The summed E-state index contributed by atoms with van der Waals surface area (Å²) >= 11 is 0. The van der Waals surface area contributed by atoms with Gasteiger partial charge in [0.15, 0.2) is 12.9 Å². The van der Waals surface area contributed by atoms with Crippen LogP contribution in [0, 0.1) is 17.8 Å². The number of carbonyl (C=O) groups is 2. The van der Waals surface area contributed by atoms with E-state index in [1.54, 1.807) is 6.08 Å². The molecule has 7 heteroatoms. The minimum absolute atomic E-state index is 0.0904. The van der Waals surface area contributed by atoms with Gasteiger partial charge in [-0.3, -0.25) is 4.79 Å². The molecule has 1 atom stereocenters. The van der Waals surface area contributed by atoms with Crippen molar-refractivity contribution in [2.24, 2.45) is 17.8 Å². The molecule has 1 saturated heterocycles. The van der Waals surface area contributed by atoms with Gasteiger partial charge in [-0.25, -0.2) is 15.1 Å². The van der Waals surface area contributed by atoms with Gasteiger partial charge < -0.3 is 14.6 Å². The molecular formula is C32H37NO6. The van der Waals surface area contributed by atoms with Gasteiger partial charge in [-0.1, -0.05) is 30.3 Å². The second kappa shape index (κ2) is 11.1. The van der Waals surface area contributed by atoms with Crippen LogP contribution in [-0.2, 0) is 24.6 Å². The van der Waals surface area contributed by atoms with Crippen LogP contribution in [0.25, 0.3) is 17.2 Å². The van der Waals surface area contributed by atoms with Gasteiger partial charge in [0, 0.05) is 24.7 Å². The maximum Gasteiger partial charge on any atom is 0.328 e. The summed E-state index contributed by atoms with van der Waals surface area (Å²) in [5.41, 5.74) is 6.83. The molecule has 206 valence electrons. The summed E-state index contributed by atoms with van der Waals surface area (Å²) in [7, 11) is 0. The van der Waals surface area contributed by atoms with Gasteiger partial charge in [-0.15, -0.1) is 0 Å². The highest BCUT2D eigenvalue weighted by Gasteiger charge is 2.52. The Morgan fingerprint density at radius 2 is 1.67 bits per heavy atom. The van der Waals surface area contributed by atoms with Crippen molar-refractivity contribution < 1.29 is 29.0 Å². The van der Waals surface area contributed by atoms with Crippen molar-refractivity contribution in [3.63, 3.8) is 0 Å². The minimum atomic E-state index is -0.961. The lowest BCUT2D eigenvalue weighted by molar-refractivity contribution is -0.201. The largest absolute Gasteiger partial charge is 0.483 e. The Labute approximate surface area is 229 Å². The number of carboxylic acid groups (broad SMARTS) is 1. The van der Waals surface area contributed by atoms with Crippen LogP contribution >= 0.6 is 0 Å². The van der Waals surface area contributed by atoms with Crippen molar-refractivity contribution in [3.8, 4) is 16.9 Å². The number of ether oxygens (including phenoxy) is 2. The van der Waals surface area contributed by atoms with Crippen LogP contribution in [0.2, 0.25) is 0 Å². The van der Waals surface area contributed by atoms with Gasteiger partial charge >= 0.3 is 5.97 Å². The Kier molecular flexibility index (Phi) is 7.45. The molecule has 4 bridgehead atoms. The summed E-state index contributed by atoms with van der Waals surface area (Å²) in [4.78, 5) is 28.9. The third kappa shape index (κ3) is 5.89. The van der Waals surface area contributed by atoms with Crippen LogP contribution < -0.4 is 10.2 Å². The highest BCUT2D eigenvalue weighted by Crippen LogP contribution is 2.62. The van der Waals surface area contributed by atoms with Crippen molar-refractivity contribution in [1.82, 2.24) is 5.48 Å². The molecule has 5 fully saturated rings. The van der Waals surface area contributed by atoms with Crippen LogP contribution in [0.4, 0.5) is 0 Å². The van der Waals surface area contributed by atoms with Gasteiger partial charge in [0.25, 0.3) is 5.91 Å². The number of carbonyl (C=O) groups excluding carboxylic acids is 1. The lowest BCUT2D eigenvalue weighted by Gasteiger charge is -2.57. The second-order valence-electron chi connectivity index (χ2n) is 11.9. The van der Waals surface area contributed by atoms with Crippen molar-refractivity contribution in [2.45, 2.75) is 69.5 Å². The number of benzene rings is 2. The average molecular weight is 532 g/mol. The predicted octanol–water partition coefficient (Wildman–Crippen LogP) is 5.87. The van der Waals surface area contributed by atoms with Crippen molar-refractivity contribution in [2.75, 3.05) is 13.2 Å². The second-order valence-corrected chi connectivity index (χ2v) is 11.9. The molecule has 1 amide bonds. The van der Waals surface area contributed by atoms with Crippen molar-refractivity contribution in [3.05, 3.63) is 59.7 Å². The van der Waals surface area contributed by atoms with E-state index in [-0.39, 0.29) is 17.9 Å². The number of nitrogens with one attached hydrogen (secondary N) is 1. The molecule has 7 rings (SSSR count). The van der Waals surface area contributed by atoms with E-state index in [0.717, 1.165) is 65.5 Å². The molecule has 1 aliphatic heterocycles. The van der Waals surface area contributed by atoms with E-state index in [0.29, 0.717) is 6.61 Å². The highest BCUT2D eigenvalue weighted by molar-refractivity contribution is 5.85. The zero-order valence-electron chi connectivity index (χ0n) is 22.3. The number of aliphatic carboxylic acids is 1. The zero-order chi connectivity index (χ0) is 26.8. The molecule has 4 aliphatic carbocycles. The summed E-state index contributed by atoms with van der Waals surface area (Å²) in [6.45, 7) is 0.537. The lowest BCUT2D eigenvalue weighted by atomic mass is 9.48. The molecule has 0 spiro atoms. The van der Waals surface area contributed by atoms with Crippen LogP contribution in [0.15, 0.2) is 48.5 Å². The van der Waals surface area contributed by atoms with Crippen molar-refractivity contribution >= 4 is 18.0 Å². The van der Waals surface area contributed by atoms with Gasteiger partial charge in [0.05, 0.1) is 0 Å². The number of hydrogen-bond acceptors (Lipinski definition) is 5. The van der Waals surface area contributed by atoms with Gasteiger partial charge in [0.1, 0.15) is 5.75 Å². The van der Waals surface area contributed by atoms with E-state index in [4.69, 9.17) is 19.4 Å². The number of rotatable bonds is 9. The van der Waals surface area contributed by atoms with Crippen LogP contribution in [0.3, 0.4) is 0 Å². The third-order valence-electron chi connectivity index (χ3n) is 9.05. The van der Waals surface area contributed by atoms with Crippen LogP contribution in [0.5, 0.6) is 5.75 Å². The molecule has 39 heavy (non-hydrogen) atoms. The SMILES string of the molecule is O=C(O)C=Cc1ccc(-c2ccc(OCC(=O)NOC3CCCCO3)c(C34CC5CC(CC(C5)C3)C4)c2)cc1. The molecule has 2 aromatic carbocycles. The molecule has 0 aromatic heterocycles. The zero-order valence-corrected chi connectivity index (χ0v) is 22.3. The monoisotopic (exact) mass is 531 g/mol. The van der Waals surface area contributed by atoms with Crippen LogP contribution in [-0.4, -0.2) is 36.5 Å². The van der Waals surface area contributed by atoms with E-state index >= 15 is 0 Å². The Bertz CT molecular complexity index is 1190. The first kappa shape index (κ1) is 26.1. The fourth-order valence-electron chi connectivity index (χ4n) is 7.75. The smallest absolute Gasteiger partial charge is 0.328 e. The van der Waals surface area contributed by atoms with Gasteiger partial charge in [0.2, 0.25) is 0 Å². The number of hydrogen-bond donors (Lipinski definition) is 2. The molecule has 7 nitrogen and oxygen atoms in total. The predicted molar refractivity (Wildman–Crippen MR) is 147 cm³/mol. The Morgan fingerprint density at radius 3 is 2.31 bits per heavy atom. The molecular weight excluding hydrogens is 494 g/mol. The van der Waals surface area contributed by atoms with E-state index in [9.17, 15) is 9.59 Å². The third-order valence-corrected chi connectivity index (χ3v) is 9.05. The van der Waals surface area contributed by atoms with Crippen LogP contribution in [0.1, 0.15) is 68.9 Å². The molecule has 4 saturated carbocycles. The summed E-state index contributed by atoms with van der Waals surface area (Å²) in [6.07, 6.45) is 12.8. The number of hydroxylamine groups is 1. The lowest BCUT2D eigenvalue weighted by Crippen LogP contribution is -2.48. The topological polar surface area (TPSA) is 94.1 Å². The Morgan fingerprint density at radius 1 is 0.974 bits per heavy atom. The highest BCUT2D eigenvalue weighted by atomic mass is 16.8. The van der Waals surface area contributed by atoms with Gasteiger partial charge in [-0.05, 0) is 109 Å². The fraction of sp³-hybridized carbons (Fsp3) is 0.500. The van der Waals surface area contributed by atoms with E-state index in [1.807, 2.05) is 36.4 Å². The Hall–Kier alpha value is -3.16. The number of amides is 1. The summed E-state index contributed by atoms with van der Waals surface area (Å²) < 4.78 is 11.7. The van der Waals surface area contributed by atoms with E-state index < -0.39 is 12.3 Å². The molecule has 0 radical (unpaired) electrons. The number of carboxylic acids is 1. The fourth-order valence-corrected chi connectivity index (χ4v) is 7.75. The Balaban J connectivity index is 1.23. The van der Waals surface area contributed by atoms with E-state index in [2.05, 4.69) is 11.5 Å². The molecule has 5 aliphatic rings. The maximum absolute atomic E-state index is 12.6. The van der Waals surface area contributed by atoms with Gasteiger partial charge in [-0.2, -0.15) is 0 Å². The standard InChI is InChI=1S/C32H37NO6/c34-29(33-39-31-3-1-2-12-37-31)20-38-28-10-9-26(25-7-4-21(5-8-25)6-11-30(35)36)16-27(28)32-17-22-13-23(18-32)15-24(14-22)19-32/h4-11,16,22-24,31H,1-3,12-15,17-20H2,(H,33,34)(H,35,36). The molecule has 2 N–H and O–H groups in total. The average Bonchev–Trinajstić information content (AvgIpc) is 2.94. The maximum atomic E-state index is 12.6. The van der Waals surface area contributed by atoms with E-state index in [1.165, 1.54) is 44.1 Å². The summed E-state index contributed by atoms with van der Waals surface area (Å²) in [5, 5.41) is 8.91. The minimum Gasteiger partial charge on any atom is -0.483 e. The first-order chi connectivity index (χ1) is 19.0. The molecule has 1 heterocycles. The molecule has 2 aromatic rings. The first-order valence-electron chi connectivity index (χ1n) is 14.3. The summed E-state index contributed by atoms with van der Waals surface area (Å²) in [6, 6.07) is 14.3. The quantitative estimate of drug-likeness (QED) is 0.310. The first-order valence-corrected chi connectivity index (χ1v) is 14.3.